The molecule has 2 aromatic rings. The summed E-state index contributed by atoms with van der Waals surface area (Å²) in [4.78, 5) is 37.4. The van der Waals surface area contributed by atoms with Gasteiger partial charge in [0.15, 0.2) is 0 Å². The molecular weight excluding hydrogens is 605 g/mol. The fraction of sp³-hybridized carbons (Fsp3) is 0.500. The third-order valence-electron chi connectivity index (χ3n) is 6.47. The van der Waals surface area contributed by atoms with Crippen LogP contribution in [0.4, 0.5) is 13.2 Å². The Bertz CT molecular complexity index is 1140. The molecule has 41 heavy (non-hydrogen) atoms. The van der Waals surface area contributed by atoms with Gasteiger partial charge >= 0.3 is 18.2 Å². The topological polar surface area (TPSA) is 95.9 Å². The van der Waals surface area contributed by atoms with Crippen LogP contribution in [0.5, 0.6) is 5.75 Å². The molecule has 0 aliphatic heterocycles. The smallest absolute Gasteiger partial charge is 0.474 e. The number of nitrogens with zero attached hydrogens (tertiary/aromatic N) is 1. The van der Waals surface area contributed by atoms with Crippen LogP contribution in [0.25, 0.3) is 0 Å². The first-order chi connectivity index (χ1) is 19.5. The maximum absolute atomic E-state index is 12.6. The maximum Gasteiger partial charge on any atom is 0.573 e. The predicted octanol–water partition coefficient (Wildman–Crippen LogP) is 7.61. The van der Waals surface area contributed by atoms with Crippen LogP contribution in [0.1, 0.15) is 92.6 Å². The molecule has 0 atom stereocenters. The number of aliphatic carboxylic acids is 1. The number of hydrogen-bond acceptors (Lipinski definition) is 4. The Morgan fingerprint density at radius 1 is 0.902 bits per heavy atom. The van der Waals surface area contributed by atoms with Crippen LogP contribution >= 0.6 is 15.9 Å². The Balaban J connectivity index is 1.90. The van der Waals surface area contributed by atoms with Crippen molar-refractivity contribution < 1.29 is 37.4 Å². The number of carboxylic acids is 1. The summed E-state index contributed by atoms with van der Waals surface area (Å²) in [7, 11) is 0. The van der Waals surface area contributed by atoms with Gasteiger partial charge in [-0.3, -0.25) is 9.59 Å². The van der Waals surface area contributed by atoms with Crippen molar-refractivity contribution in [2.24, 2.45) is 0 Å². The Morgan fingerprint density at radius 3 is 2.12 bits per heavy atom. The Hall–Kier alpha value is -3.08. The Morgan fingerprint density at radius 2 is 1.54 bits per heavy atom. The summed E-state index contributed by atoms with van der Waals surface area (Å²) >= 11 is 3.39. The average molecular weight is 644 g/mol. The van der Waals surface area contributed by atoms with Gasteiger partial charge in [-0.1, -0.05) is 98.8 Å². The van der Waals surface area contributed by atoms with Crippen LogP contribution in [0.3, 0.4) is 0 Å². The second-order valence-electron chi connectivity index (χ2n) is 9.91. The monoisotopic (exact) mass is 642 g/mol. The van der Waals surface area contributed by atoms with E-state index >= 15 is 0 Å². The first-order valence-corrected chi connectivity index (χ1v) is 14.7. The largest absolute Gasteiger partial charge is 0.573 e. The molecule has 0 unspecified atom stereocenters. The summed E-state index contributed by atoms with van der Waals surface area (Å²) in [6.07, 6.45) is 7.14. The second kappa shape index (κ2) is 17.7. The van der Waals surface area contributed by atoms with Crippen molar-refractivity contribution in [2.75, 3.05) is 6.54 Å². The highest BCUT2D eigenvalue weighted by Crippen LogP contribution is 2.25. The molecule has 0 aliphatic rings. The maximum atomic E-state index is 12.6. The fourth-order valence-electron chi connectivity index (χ4n) is 4.33. The number of hydrogen-bond donors (Lipinski definition) is 2. The van der Waals surface area contributed by atoms with E-state index in [-0.39, 0.29) is 24.6 Å². The molecule has 2 amide bonds. The molecule has 0 saturated heterocycles. The molecule has 2 rings (SSSR count). The number of carbonyl (C=O) groups excluding carboxylic acids is 2. The minimum absolute atomic E-state index is 0.156. The third-order valence-corrected chi connectivity index (χ3v) is 7.21. The summed E-state index contributed by atoms with van der Waals surface area (Å²) in [6, 6.07) is 9.75. The number of amides is 2. The van der Waals surface area contributed by atoms with Gasteiger partial charge in [0.1, 0.15) is 5.75 Å². The summed E-state index contributed by atoms with van der Waals surface area (Å²) < 4.78 is 42.1. The van der Waals surface area contributed by atoms with E-state index in [1.807, 2.05) is 0 Å². The molecule has 0 radical (unpaired) electrons. The van der Waals surface area contributed by atoms with Gasteiger partial charge in [0, 0.05) is 29.7 Å². The lowest BCUT2D eigenvalue weighted by Crippen LogP contribution is -2.35. The highest BCUT2D eigenvalue weighted by Gasteiger charge is 2.31. The number of carboxylic acid groups (broad SMARTS) is 1. The number of benzene rings is 2. The van der Waals surface area contributed by atoms with Crippen LogP contribution < -0.4 is 10.1 Å². The van der Waals surface area contributed by atoms with Crippen molar-refractivity contribution in [3.63, 3.8) is 0 Å². The number of nitrogens with one attached hydrogen (secondary N) is 1. The van der Waals surface area contributed by atoms with Crippen LogP contribution in [0.2, 0.25) is 0 Å². The first kappa shape index (κ1) is 34.1. The molecule has 0 spiro atoms. The average Bonchev–Trinajstić information content (AvgIpc) is 2.91. The Labute approximate surface area is 247 Å². The number of carbonyl (C=O) groups is 3. The first-order valence-electron chi connectivity index (χ1n) is 13.9. The normalized spacial score (nSPS) is 11.2. The van der Waals surface area contributed by atoms with E-state index in [4.69, 9.17) is 0 Å². The predicted molar refractivity (Wildman–Crippen MR) is 153 cm³/mol. The van der Waals surface area contributed by atoms with Crippen molar-refractivity contribution in [2.45, 2.75) is 90.6 Å². The molecular formula is C30H38BrF3N2O5. The van der Waals surface area contributed by atoms with Crippen molar-refractivity contribution in [1.82, 2.24) is 10.2 Å². The minimum atomic E-state index is -4.89. The van der Waals surface area contributed by atoms with Gasteiger partial charge < -0.3 is 20.1 Å². The van der Waals surface area contributed by atoms with E-state index in [0.717, 1.165) is 36.3 Å². The van der Waals surface area contributed by atoms with Gasteiger partial charge in [-0.25, -0.2) is 4.79 Å². The minimum Gasteiger partial charge on any atom is -0.474 e. The number of halogens is 4. The van der Waals surface area contributed by atoms with Gasteiger partial charge in [-0.2, -0.15) is 0 Å². The highest BCUT2D eigenvalue weighted by molar-refractivity contribution is 9.10. The highest BCUT2D eigenvalue weighted by atomic mass is 79.9. The number of ether oxygens (including phenoxy) is 1. The van der Waals surface area contributed by atoms with E-state index < -0.39 is 24.0 Å². The Kier molecular flexibility index (Phi) is 14.7. The molecule has 0 fully saturated rings. The number of unbranched alkanes of at least 4 members (excludes halogenated alkanes) is 9. The lowest BCUT2D eigenvalue weighted by Gasteiger charge is -2.22. The zero-order valence-corrected chi connectivity index (χ0v) is 24.9. The standard InChI is InChI=1S/C30H38BrF3N2O5/c1-2-3-4-5-6-7-8-9-10-11-17-35-27(37)23-15-16-24(26(31)19-23)21-36(28(38)29(39)40)20-22-13-12-14-25(18-22)41-30(32,33)34/h12-16,18-19H,2-11,17,20-21H2,1H3,(H,35,37)(H,39,40). The van der Waals surface area contributed by atoms with Crippen LogP contribution in [0.15, 0.2) is 46.9 Å². The van der Waals surface area contributed by atoms with Crippen molar-refractivity contribution in [3.05, 3.63) is 63.6 Å². The van der Waals surface area contributed by atoms with Crippen molar-refractivity contribution in [3.8, 4) is 5.75 Å². The van der Waals surface area contributed by atoms with Crippen molar-refractivity contribution >= 4 is 33.7 Å². The van der Waals surface area contributed by atoms with Crippen LogP contribution in [-0.2, 0) is 22.7 Å². The molecule has 11 heteroatoms. The number of alkyl halides is 3. The molecule has 2 aromatic carbocycles. The summed E-state index contributed by atoms with van der Waals surface area (Å²) in [5, 5.41) is 12.2. The van der Waals surface area contributed by atoms with Gasteiger partial charge in [-0.15, -0.1) is 13.2 Å². The number of rotatable bonds is 17. The lowest BCUT2D eigenvalue weighted by molar-refractivity contribution is -0.274. The molecule has 0 saturated carbocycles. The van der Waals surface area contributed by atoms with E-state index in [1.54, 1.807) is 18.2 Å². The van der Waals surface area contributed by atoms with Gasteiger partial charge in [0.05, 0.1) is 0 Å². The summed E-state index contributed by atoms with van der Waals surface area (Å²) in [5.41, 5.74) is 1.18. The van der Waals surface area contributed by atoms with Crippen molar-refractivity contribution in [1.29, 1.82) is 0 Å². The summed E-state index contributed by atoms with van der Waals surface area (Å²) in [6.45, 7) is 2.35. The zero-order valence-electron chi connectivity index (χ0n) is 23.3. The SMILES string of the molecule is CCCCCCCCCCCCNC(=O)c1ccc(CN(Cc2cccc(OC(F)(F)F)c2)C(=O)C(=O)O)c(Br)c1. The molecule has 0 heterocycles. The van der Waals surface area contributed by atoms with Gasteiger partial charge in [-0.05, 0) is 41.8 Å². The molecule has 2 N–H and O–H groups in total. The van der Waals surface area contributed by atoms with E-state index in [9.17, 15) is 32.7 Å². The van der Waals surface area contributed by atoms with Crippen LogP contribution in [-0.4, -0.2) is 40.7 Å². The third kappa shape index (κ3) is 13.4. The quantitative estimate of drug-likeness (QED) is 0.137. The molecule has 7 nitrogen and oxygen atoms in total. The molecule has 0 bridgehead atoms. The van der Waals surface area contributed by atoms with Gasteiger partial charge in [0.25, 0.3) is 5.91 Å². The fourth-order valence-corrected chi connectivity index (χ4v) is 4.84. The van der Waals surface area contributed by atoms with E-state index in [0.29, 0.717) is 22.1 Å². The molecule has 0 aromatic heterocycles. The van der Waals surface area contributed by atoms with E-state index in [2.05, 4.69) is 32.9 Å². The summed E-state index contributed by atoms with van der Waals surface area (Å²) in [5.74, 6) is -3.65. The zero-order chi connectivity index (χ0) is 30.3. The van der Waals surface area contributed by atoms with Gasteiger partial charge in [0.2, 0.25) is 0 Å². The molecule has 0 aliphatic carbocycles. The second-order valence-corrected chi connectivity index (χ2v) is 10.8. The van der Waals surface area contributed by atoms with Crippen LogP contribution in [0, 0.1) is 0 Å². The lowest BCUT2D eigenvalue weighted by atomic mass is 10.1. The molecule has 226 valence electrons. The van der Waals surface area contributed by atoms with E-state index in [1.165, 1.54) is 57.1 Å².